The molecule has 1 saturated heterocycles. The van der Waals surface area contributed by atoms with Crippen LogP contribution in [0.15, 0.2) is 54.6 Å². The number of aliphatic hydroxyl groups is 2. The SMILES string of the molecule is COC(O)c1nnn([C@H](C(=O)N2C[C@H](O)C[C@H]2C(=O)N[C@H](Cc2ccc(-c3ccccc3)cc2)C(N)=O)C(C)C)c1C. The maximum Gasteiger partial charge on any atom is 0.248 e. The van der Waals surface area contributed by atoms with Gasteiger partial charge >= 0.3 is 0 Å². The number of carbonyl (C=O) groups is 3. The minimum Gasteiger partial charge on any atom is -0.391 e. The van der Waals surface area contributed by atoms with E-state index < -0.39 is 48.2 Å². The summed E-state index contributed by atoms with van der Waals surface area (Å²) in [5.41, 5.74) is 9.14. The molecular weight excluding hydrogens is 540 g/mol. The highest BCUT2D eigenvalue weighted by Crippen LogP contribution is 2.29. The molecule has 2 heterocycles. The molecule has 3 aromatic rings. The lowest BCUT2D eigenvalue weighted by molar-refractivity contribution is -0.143. The number of benzene rings is 2. The molecule has 1 unspecified atom stereocenters. The summed E-state index contributed by atoms with van der Waals surface area (Å²) >= 11 is 0. The zero-order valence-electron chi connectivity index (χ0n) is 24.2. The lowest BCUT2D eigenvalue weighted by atomic mass is 10.00. The largest absolute Gasteiger partial charge is 0.391 e. The third kappa shape index (κ3) is 6.67. The van der Waals surface area contributed by atoms with E-state index in [4.69, 9.17) is 10.5 Å². The quantitative estimate of drug-likeness (QED) is 0.246. The van der Waals surface area contributed by atoms with Gasteiger partial charge in [-0.1, -0.05) is 73.7 Å². The molecule has 3 amide bonds. The zero-order valence-corrected chi connectivity index (χ0v) is 24.2. The van der Waals surface area contributed by atoms with Crippen LogP contribution in [0.1, 0.15) is 49.6 Å². The third-order valence-corrected chi connectivity index (χ3v) is 7.59. The molecule has 0 saturated carbocycles. The Morgan fingerprint density at radius 3 is 2.33 bits per heavy atom. The van der Waals surface area contributed by atoms with Crippen molar-refractivity contribution in [3.8, 4) is 11.1 Å². The highest BCUT2D eigenvalue weighted by molar-refractivity contribution is 5.93. The number of aliphatic hydroxyl groups excluding tert-OH is 2. The molecule has 0 radical (unpaired) electrons. The smallest absolute Gasteiger partial charge is 0.248 e. The van der Waals surface area contributed by atoms with Gasteiger partial charge in [0.05, 0.1) is 11.8 Å². The van der Waals surface area contributed by atoms with Gasteiger partial charge in [-0.2, -0.15) is 0 Å². The van der Waals surface area contributed by atoms with Crippen LogP contribution in [0.2, 0.25) is 0 Å². The summed E-state index contributed by atoms with van der Waals surface area (Å²) in [6.07, 6.45) is -2.08. The van der Waals surface area contributed by atoms with Crippen LogP contribution in [-0.2, 0) is 25.5 Å². The Morgan fingerprint density at radius 1 is 1.10 bits per heavy atom. The number of likely N-dealkylation sites (tertiary alicyclic amines) is 1. The van der Waals surface area contributed by atoms with Gasteiger partial charge in [0.2, 0.25) is 24.0 Å². The van der Waals surface area contributed by atoms with Crippen molar-refractivity contribution in [2.45, 2.75) is 64.1 Å². The molecule has 5 N–H and O–H groups in total. The van der Waals surface area contributed by atoms with Crippen LogP contribution < -0.4 is 11.1 Å². The fourth-order valence-corrected chi connectivity index (χ4v) is 5.30. The van der Waals surface area contributed by atoms with Gasteiger partial charge in [-0.05, 0) is 29.5 Å². The van der Waals surface area contributed by atoms with Crippen LogP contribution in [0.3, 0.4) is 0 Å². The normalized spacial score (nSPS) is 19.0. The number of primary amides is 1. The molecule has 2 aromatic carbocycles. The van der Waals surface area contributed by atoms with Crippen LogP contribution in [0.4, 0.5) is 0 Å². The number of hydrogen-bond donors (Lipinski definition) is 4. The van der Waals surface area contributed by atoms with Crippen molar-refractivity contribution in [1.82, 2.24) is 25.2 Å². The molecule has 1 aromatic heterocycles. The Labute approximate surface area is 244 Å². The zero-order chi connectivity index (χ0) is 30.6. The molecule has 5 atom stereocenters. The number of rotatable bonds is 11. The number of carbonyl (C=O) groups excluding carboxylic acids is 3. The standard InChI is InChI=1S/C30H38N6O6/c1-17(2)26(36-18(3)25(33-34-36)30(41)42-4)29(40)35-16-22(37)15-24(35)28(39)32-23(27(31)38)14-19-10-12-21(13-11-19)20-8-6-5-7-9-20/h5-13,17,22-24,26,30,37,41H,14-16H2,1-4H3,(H2,31,38)(H,32,39)/t22-,23-,24+,26+,30?/m1/s1. The van der Waals surface area contributed by atoms with Crippen molar-refractivity contribution in [2.24, 2.45) is 11.7 Å². The van der Waals surface area contributed by atoms with Crippen LogP contribution >= 0.6 is 0 Å². The second-order valence-electron chi connectivity index (χ2n) is 10.9. The van der Waals surface area contributed by atoms with Gasteiger partial charge in [-0.15, -0.1) is 5.10 Å². The van der Waals surface area contributed by atoms with E-state index >= 15 is 0 Å². The molecule has 1 aliphatic heterocycles. The number of aromatic nitrogens is 3. The number of ether oxygens (including phenoxy) is 1. The summed E-state index contributed by atoms with van der Waals surface area (Å²) in [6.45, 7) is 5.24. The summed E-state index contributed by atoms with van der Waals surface area (Å²) < 4.78 is 6.34. The second kappa shape index (κ2) is 13.2. The first-order valence-electron chi connectivity index (χ1n) is 13.9. The topological polar surface area (TPSA) is 173 Å². The van der Waals surface area contributed by atoms with E-state index in [9.17, 15) is 24.6 Å². The Balaban J connectivity index is 1.50. The van der Waals surface area contributed by atoms with Crippen LogP contribution in [0.25, 0.3) is 11.1 Å². The Morgan fingerprint density at radius 2 is 1.74 bits per heavy atom. The fraction of sp³-hybridized carbons (Fsp3) is 0.433. The molecule has 0 bridgehead atoms. The van der Waals surface area contributed by atoms with Crippen molar-refractivity contribution < 1.29 is 29.3 Å². The number of methoxy groups -OCH3 is 1. The van der Waals surface area contributed by atoms with Crippen molar-refractivity contribution in [3.05, 3.63) is 71.5 Å². The predicted octanol–water partition coefficient (Wildman–Crippen LogP) is 1.26. The van der Waals surface area contributed by atoms with E-state index in [0.29, 0.717) is 5.69 Å². The number of nitrogens with one attached hydrogen (secondary N) is 1. The lowest BCUT2D eigenvalue weighted by Crippen LogP contribution is -2.54. The van der Waals surface area contributed by atoms with Gasteiger partial charge in [0.1, 0.15) is 23.8 Å². The molecule has 42 heavy (non-hydrogen) atoms. The monoisotopic (exact) mass is 578 g/mol. The van der Waals surface area contributed by atoms with Gasteiger partial charge in [0.25, 0.3) is 0 Å². The molecule has 0 aliphatic carbocycles. The maximum atomic E-state index is 13.9. The number of amides is 3. The molecule has 12 nitrogen and oxygen atoms in total. The van der Waals surface area contributed by atoms with E-state index in [2.05, 4.69) is 15.6 Å². The number of β-amino-alcohol motifs (C(OH)–C–C–N with tert-alkyl or cyclic N) is 1. The number of nitrogens with two attached hydrogens (primary N) is 1. The molecule has 224 valence electrons. The Hall–Kier alpha value is -4.13. The Bertz CT molecular complexity index is 1390. The predicted molar refractivity (Wildman–Crippen MR) is 153 cm³/mol. The van der Waals surface area contributed by atoms with Crippen LogP contribution in [-0.4, -0.2) is 79.7 Å². The number of nitrogens with zero attached hydrogens (tertiary/aromatic N) is 4. The number of hydrogen-bond acceptors (Lipinski definition) is 8. The van der Waals surface area contributed by atoms with Crippen molar-refractivity contribution in [2.75, 3.05) is 13.7 Å². The fourth-order valence-electron chi connectivity index (χ4n) is 5.30. The van der Waals surface area contributed by atoms with Gasteiger partial charge < -0.3 is 30.9 Å². The van der Waals surface area contributed by atoms with Crippen molar-refractivity contribution in [1.29, 1.82) is 0 Å². The van der Waals surface area contributed by atoms with Crippen molar-refractivity contribution in [3.63, 3.8) is 0 Å². The molecular formula is C30H38N6O6. The minimum atomic E-state index is -1.31. The van der Waals surface area contributed by atoms with E-state index in [1.165, 1.54) is 16.7 Å². The van der Waals surface area contributed by atoms with E-state index in [1.54, 1.807) is 6.92 Å². The first-order chi connectivity index (χ1) is 20.0. The highest BCUT2D eigenvalue weighted by atomic mass is 16.6. The summed E-state index contributed by atoms with van der Waals surface area (Å²) in [6, 6.07) is 14.6. The second-order valence-corrected chi connectivity index (χ2v) is 10.9. The first-order valence-corrected chi connectivity index (χ1v) is 13.9. The lowest BCUT2D eigenvalue weighted by Gasteiger charge is -2.31. The van der Waals surface area contributed by atoms with Crippen LogP contribution in [0.5, 0.6) is 0 Å². The van der Waals surface area contributed by atoms with E-state index in [0.717, 1.165) is 16.7 Å². The van der Waals surface area contributed by atoms with Gasteiger partial charge in [-0.25, -0.2) is 4.68 Å². The van der Waals surface area contributed by atoms with E-state index in [-0.39, 0.29) is 31.0 Å². The maximum absolute atomic E-state index is 13.9. The first kappa shape index (κ1) is 30.8. The van der Waals surface area contributed by atoms with Gasteiger partial charge in [0, 0.05) is 26.5 Å². The van der Waals surface area contributed by atoms with E-state index in [1.807, 2.05) is 68.4 Å². The van der Waals surface area contributed by atoms with Gasteiger partial charge in [0.15, 0.2) is 0 Å². The Kier molecular flexibility index (Phi) is 9.71. The third-order valence-electron chi connectivity index (χ3n) is 7.59. The van der Waals surface area contributed by atoms with Crippen molar-refractivity contribution >= 4 is 17.7 Å². The van der Waals surface area contributed by atoms with Gasteiger partial charge in [-0.3, -0.25) is 14.4 Å². The summed E-state index contributed by atoms with van der Waals surface area (Å²) in [5.74, 6) is -2.02. The highest BCUT2D eigenvalue weighted by Gasteiger charge is 2.43. The molecule has 4 rings (SSSR count). The average molecular weight is 579 g/mol. The minimum absolute atomic E-state index is 0.00359. The summed E-state index contributed by atoms with van der Waals surface area (Å²) in [7, 11) is 1.32. The molecule has 0 spiro atoms. The summed E-state index contributed by atoms with van der Waals surface area (Å²) in [5, 5.41) is 31.3. The molecule has 12 heteroatoms. The summed E-state index contributed by atoms with van der Waals surface area (Å²) in [4.78, 5) is 41.0. The average Bonchev–Trinajstić information content (AvgIpc) is 3.55. The van der Waals surface area contributed by atoms with Crippen LogP contribution in [0, 0.1) is 12.8 Å². The molecule has 1 fully saturated rings. The molecule has 1 aliphatic rings.